The van der Waals surface area contributed by atoms with E-state index in [1.807, 2.05) is 45.0 Å². The number of hydrogen-bond acceptors (Lipinski definition) is 2. The minimum absolute atomic E-state index is 0.173. The van der Waals surface area contributed by atoms with Crippen LogP contribution in [-0.2, 0) is 4.74 Å². The summed E-state index contributed by atoms with van der Waals surface area (Å²) in [7, 11) is 0. The SMILES string of the molecule is CC.Cc1ccccc1C(=O)OCC1CCCCC1. The molecular formula is C17H26O2. The maximum atomic E-state index is 11.9. The maximum Gasteiger partial charge on any atom is 0.338 e. The van der Waals surface area contributed by atoms with Crippen molar-refractivity contribution < 1.29 is 9.53 Å². The molecule has 0 aromatic heterocycles. The van der Waals surface area contributed by atoms with Gasteiger partial charge in [0.1, 0.15) is 0 Å². The van der Waals surface area contributed by atoms with Gasteiger partial charge in [-0.05, 0) is 37.3 Å². The molecule has 2 rings (SSSR count). The fourth-order valence-corrected chi connectivity index (χ4v) is 2.43. The minimum Gasteiger partial charge on any atom is -0.462 e. The van der Waals surface area contributed by atoms with Crippen LogP contribution in [0.2, 0.25) is 0 Å². The second-order valence-corrected chi connectivity index (χ2v) is 4.92. The highest BCUT2D eigenvalue weighted by Gasteiger charge is 2.16. The quantitative estimate of drug-likeness (QED) is 0.734. The van der Waals surface area contributed by atoms with Crippen molar-refractivity contribution in [2.75, 3.05) is 6.61 Å². The fraction of sp³-hybridized carbons (Fsp3) is 0.588. The van der Waals surface area contributed by atoms with Gasteiger partial charge >= 0.3 is 5.97 Å². The monoisotopic (exact) mass is 262 g/mol. The first-order chi connectivity index (χ1) is 9.27. The molecule has 1 saturated carbocycles. The van der Waals surface area contributed by atoms with Crippen LogP contribution in [0.25, 0.3) is 0 Å². The molecular weight excluding hydrogens is 236 g/mol. The summed E-state index contributed by atoms with van der Waals surface area (Å²) < 4.78 is 5.41. The molecule has 0 saturated heterocycles. The number of carbonyl (C=O) groups excluding carboxylic acids is 1. The molecule has 0 N–H and O–H groups in total. The molecule has 2 heteroatoms. The lowest BCUT2D eigenvalue weighted by Crippen LogP contribution is -2.17. The molecule has 0 heterocycles. The van der Waals surface area contributed by atoms with Crippen LogP contribution in [0.4, 0.5) is 0 Å². The number of esters is 1. The van der Waals surface area contributed by atoms with Crippen molar-refractivity contribution in [2.45, 2.75) is 52.9 Å². The molecule has 0 atom stereocenters. The van der Waals surface area contributed by atoms with Crippen molar-refractivity contribution in [1.29, 1.82) is 0 Å². The molecule has 1 aliphatic rings. The number of carbonyl (C=O) groups is 1. The number of benzene rings is 1. The van der Waals surface area contributed by atoms with Gasteiger partial charge in [0, 0.05) is 0 Å². The molecule has 1 aromatic carbocycles. The van der Waals surface area contributed by atoms with E-state index in [1.165, 1.54) is 32.1 Å². The van der Waals surface area contributed by atoms with E-state index in [1.54, 1.807) is 0 Å². The van der Waals surface area contributed by atoms with Crippen molar-refractivity contribution in [3.63, 3.8) is 0 Å². The zero-order chi connectivity index (χ0) is 14.1. The Bertz CT molecular complexity index is 379. The summed E-state index contributed by atoms with van der Waals surface area (Å²) in [6.07, 6.45) is 6.32. The number of hydrogen-bond donors (Lipinski definition) is 0. The van der Waals surface area contributed by atoms with Crippen molar-refractivity contribution in [1.82, 2.24) is 0 Å². The van der Waals surface area contributed by atoms with E-state index in [4.69, 9.17) is 4.74 Å². The van der Waals surface area contributed by atoms with Crippen LogP contribution in [0.3, 0.4) is 0 Å². The van der Waals surface area contributed by atoms with E-state index in [-0.39, 0.29) is 5.97 Å². The van der Waals surface area contributed by atoms with Crippen LogP contribution >= 0.6 is 0 Å². The van der Waals surface area contributed by atoms with Crippen LogP contribution < -0.4 is 0 Å². The average Bonchev–Trinajstić information content (AvgIpc) is 2.48. The van der Waals surface area contributed by atoms with Crippen LogP contribution in [0, 0.1) is 12.8 Å². The van der Waals surface area contributed by atoms with E-state index in [9.17, 15) is 4.79 Å². The molecule has 0 bridgehead atoms. The van der Waals surface area contributed by atoms with E-state index in [0.717, 1.165) is 5.56 Å². The van der Waals surface area contributed by atoms with Crippen LogP contribution in [0.15, 0.2) is 24.3 Å². The highest BCUT2D eigenvalue weighted by atomic mass is 16.5. The molecule has 2 nitrogen and oxygen atoms in total. The Labute approximate surface area is 117 Å². The lowest BCUT2D eigenvalue weighted by atomic mass is 9.90. The Morgan fingerprint density at radius 3 is 2.42 bits per heavy atom. The van der Waals surface area contributed by atoms with E-state index in [2.05, 4.69) is 0 Å². The molecule has 1 aliphatic carbocycles. The summed E-state index contributed by atoms with van der Waals surface area (Å²) in [5.74, 6) is 0.408. The summed E-state index contributed by atoms with van der Waals surface area (Å²) >= 11 is 0. The Kier molecular flexibility index (Phi) is 7.24. The molecule has 106 valence electrons. The van der Waals surface area contributed by atoms with Gasteiger partial charge in [-0.3, -0.25) is 0 Å². The highest BCUT2D eigenvalue weighted by Crippen LogP contribution is 2.24. The lowest BCUT2D eigenvalue weighted by molar-refractivity contribution is 0.0409. The third kappa shape index (κ3) is 5.06. The summed E-state index contributed by atoms with van der Waals surface area (Å²) in [6, 6.07) is 7.59. The second kappa shape index (κ2) is 8.73. The first-order valence-electron chi connectivity index (χ1n) is 7.50. The summed E-state index contributed by atoms with van der Waals surface area (Å²) in [6.45, 7) is 6.53. The lowest BCUT2D eigenvalue weighted by Gasteiger charge is -2.21. The van der Waals surface area contributed by atoms with E-state index < -0.39 is 0 Å². The van der Waals surface area contributed by atoms with Gasteiger partial charge in [0.25, 0.3) is 0 Å². The van der Waals surface area contributed by atoms with Crippen molar-refractivity contribution >= 4 is 5.97 Å². The predicted octanol–water partition coefficient (Wildman–Crippen LogP) is 4.76. The van der Waals surface area contributed by atoms with Gasteiger partial charge in [-0.1, -0.05) is 51.3 Å². The Morgan fingerprint density at radius 1 is 1.16 bits per heavy atom. The van der Waals surface area contributed by atoms with Crippen molar-refractivity contribution in [2.24, 2.45) is 5.92 Å². The maximum absolute atomic E-state index is 11.9. The summed E-state index contributed by atoms with van der Waals surface area (Å²) in [5, 5.41) is 0. The number of rotatable bonds is 3. The summed E-state index contributed by atoms with van der Waals surface area (Å²) in [4.78, 5) is 11.9. The molecule has 0 amide bonds. The average molecular weight is 262 g/mol. The van der Waals surface area contributed by atoms with Gasteiger partial charge in [0.2, 0.25) is 0 Å². The van der Waals surface area contributed by atoms with E-state index >= 15 is 0 Å². The standard InChI is InChI=1S/C15H20O2.C2H6/c1-12-7-5-6-10-14(12)15(16)17-11-13-8-3-2-4-9-13;1-2/h5-7,10,13H,2-4,8-9,11H2,1H3;1-2H3. The third-order valence-electron chi connectivity index (χ3n) is 3.54. The topological polar surface area (TPSA) is 26.3 Å². The first-order valence-corrected chi connectivity index (χ1v) is 7.50. The molecule has 0 unspecified atom stereocenters. The summed E-state index contributed by atoms with van der Waals surface area (Å²) in [5.41, 5.74) is 1.68. The van der Waals surface area contributed by atoms with Gasteiger partial charge in [-0.15, -0.1) is 0 Å². The van der Waals surface area contributed by atoms with Gasteiger partial charge < -0.3 is 4.74 Å². The molecule has 1 fully saturated rings. The molecule has 0 spiro atoms. The normalized spacial score (nSPS) is 15.3. The van der Waals surface area contributed by atoms with Crippen molar-refractivity contribution in [3.05, 3.63) is 35.4 Å². The van der Waals surface area contributed by atoms with Crippen LogP contribution in [0.1, 0.15) is 61.9 Å². The molecule has 0 aliphatic heterocycles. The van der Waals surface area contributed by atoms with Crippen LogP contribution in [-0.4, -0.2) is 12.6 Å². The van der Waals surface area contributed by atoms with E-state index in [0.29, 0.717) is 18.1 Å². The van der Waals surface area contributed by atoms with Gasteiger partial charge in [-0.25, -0.2) is 4.79 Å². The number of ether oxygens (including phenoxy) is 1. The Balaban J connectivity index is 0.000000861. The third-order valence-corrected chi connectivity index (χ3v) is 3.54. The second-order valence-electron chi connectivity index (χ2n) is 4.92. The Morgan fingerprint density at radius 2 is 1.79 bits per heavy atom. The molecule has 1 aromatic rings. The predicted molar refractivity (Wildman–Crippen MR) is 79.4 cm³/mol. The smallest absolute Gasteiger partial charge is 0.338 e. The van der Waals surface area contributed by atoms with Crippen LogP contribution in [0.5, 0.6) is 0 Å². The highest BCUT2D eigenvalue weighted by molar-refractivity contribution is 5.90. The zero-order valence-corrected chi connectivity index (χ0v) is 12.4. The largest absolute Gasteiger partial charge is 0.462 e. The van der Waals surface area contributed by atoms with Gasteiger partial charge in [0.05, 0.1) is 12.2 Å². The zero-order valence-electron chi connectivity index (χ0n) is 12.4. The Hall–Kier alpha value is -1.31. The minimum atomic E-state index is -0.173. The molecule has 0 radical (unpaired) electrons. The van der Waals surface area contributed by atoms with Crippen molar-refractivity contribution in [3.8, 4) is 0 Å². The van der Waals surface area contributed by atoms with Gasteiger partial charge in [-0.2, -0.15) is 0 Å². The fourth-order valence-electron chi connectivity index (χ4n) is 2.43. The number of aryl methyl sites for hydroxylation is 1. The van der Waals surface area contributed by atoms with Gasteiger partial charge in [0.15, 0.2) is 0 Å². The first kappa shape index (κ1) is 15.7. The molecule has 19 heavy (non-hydrogen) atoms.